The molecule has 2 aliphatic rings. The first-order chi connectivity index (χ1) is 14.9. The van der Waals surface area contributed by atoms with Gasteiger partial charge in [0.05, 0.1) is 11.3 Å². The molecule has 0 N–H and O–H groups in total. The van der Waals surface area contributed by atoms with E-state index in [-0.39, 0.29) is 17.2 Å². The number of hydrogen-bond acceptors (Lipinski definition) is 2. The molecule has 3 aromatic carbocycles. The third kappa shape index (κ3) is 3.32. The molecule has 156 valence electrons. The number of benzene rings is 3. The van der Waals surface area contributed by atoms with Crippen molar-refractivity contribution in [1.82, 2.24) is 4.31 Å². The van der Waals surface area contributed by atoms with E-state index in [0.717, 1.165) is 17.2 Å². The second-order valence-electron chi connectivity index (χ2n) is 9.14. The summed E-state index contributed by atoms with van der Waals surface area (Å²) < 4.78 is 2.01. The second kappa shape index (κ2) is 7.42. The molecule has 2 unspecified atom stereocenters. The van der Waals surface area contributed by atoms with Gasteiger partial charge in [-0.1, -0.05) is 82.0 Å². The topological polar surface area (TPSA) is 20.3 Å². The molecular weight excluding hydrogens is 398 g/mol. The van der Waals surface area contributed by atoms with Gasteiger partial charge in [-0.25, -0.2) is 0 Å². The predicted molar refractivity (Wildman–Crippen MR) is 132 cm³/mol. The van der Waals surface area contributed by atoms with Crippen molar-refractivity contribution in [2.45, 2.75) is 38.5 Å². The van der Waals surface area contributed by atoms with Crippen molar-refractivity contribution in [2.24, 2.45) is 5.41 Å². The first-order valence-electron chi connectivity index (χ1n) is 10.9. The molecule has 2 bridgehead atoms. The summed E-state index contributed by atoms with van der Waals surface area (Å²) in [5, 5.41) is 4.83. The molecule has 0 saturated carbocycles. The number of carbonyl (C=O) groups is 1. The Morgan fingerprint density at radius 1 is 1.00 bits per heavy atom. The minimum absolute atomic E-state index is 0.0629. The van der Waals surface area contributed by atoms with E-state index in [1.807, 2.05) is 18.2 Å². The Hall–Kier alpha value is -2.78. The summed E-state index contributed by atoms with van der Waals surface area (Å²) >= 11 is 1.65. The van der Waals surface area contributed by atoms with Crippen LogP contribution < -0.4 is 10.4 Å². The third-order valence-electron chi connectivity index (χ3n) is 6.70. The van der Waals surface area contributed by atoms with Crippen LogP contribution in [0.4, 0.5) is 0 Å². The van der Waals surface area contributed by atoms with Gasteiger partial charge in [0.2, 0.25) is 5.91 Å². The van der Waals surface area contributed by atoms with Crippen LogP contribution in [0.25, 0.3) is 22.9 Å². The molecule has 2 nitrogen and oxygen atoms in total. The summed E-state index contributed by atoms with van der Waals surface area (Å²) in [5.74, 6) is 0.169. The standard InChI is InChI=1S/C28H27NOS/c1-5-28(3,4)27(30)29-26-18(2)14-19-10-6-9-13-22(19)17-25(31-29)23-15-20-11-7-8-12-21(20)16-24(23)26/h6-17,25-26H,2,5H2,1,3-4H3/b19-14-,22-17-. The fraction of sp³-hybridized carbons (Fsp3) is 0.250. The molecule has 1 amide bonds. The number of carbonyl (C=O) groups excluding carboxylic acids is 1. The van der Waals surface area contributed by atoms with Gasteiger partial charge in [0.1, 0.15) is 0 Å². The van der Waals surface area contributed by atoms with Gasteiger partial charge in [-0.3, -0.25) is 9.10 Å². The highest BCUT2D eigenvalue weighted by molar-refractivity contribution is 7.98. The van der Waals surface area contributed by atoms with Gasteiger partial charge in [0, 0.05) is 5.41 Å². The molecule has 0 saturated heterocycles. The molecular formula is C28H27NOS. The van der Waals surface area contributed by atoms with Gasteiger partial charge >= 0.3 is 0 Å². The van der Waals surface area contributed by atoms with Gasteiger partial charge in [-0.15, -0.1) is 0 Å². The summed E-state index contributed by atoms with van der Waals surface area (Å²) in [4.78, 5) is 13.7. The van der Waals surface area contributed by atoms with Crippen LogP contribution in [0.5, 0.6) is 0 Å². The molecule has 2 atom stereocenters. The number of amides is 1. The predicted octanol–water partition coefficient (Wildman–Crippen LogP) is 5.68. The molecule has 0 spiro atoms. The maximum absolute atomic E-state index is 13.7. The van der Waals surface area contributed by atoms with Crippen LogP contribution >= 0.6 is 11.9 Å². The van der Waals surface area contributed by atoms with E-state index >= 15 is 0 Å². The highest BCUT2D eigenvalue weighted by Crippen LogP contribution is 2.52. The molecule has 5 rings (SSSR count). The van der Waals surface area contributed by atoms with Gasteiger partial charge in [-0.05, 0) is 74.5 Å². The minimum atomic E-state index is -0.425. The Bertz CT molecular complexity index is 1340. The van der Waals surface area contributed by atoms with E-state index in [4.69, 9.17) is 0 Å². The smallest absolute Gasteiger partial charge is 0.238 e. The van der Waals surface area contributed by atoms with E-state index in [2.05, 4.69) is 86.3 Å². The average molecular weight is 426 g/mol. The summed E-state index contributed by atoms with van der Waals surface area (Å²) in [5.41, 5.74) is 2.99. The highest BCUT2D eigenvalue weighted by atomic mass is 32.2. The number of fused-ring (bicyclic) bond motifs is 8. The van der Waals surface area contributed by atoms with Crippen molar-refractivity contribution in [3.63, 3.8) is 0 Å². The van der Waals surface area contributed by atoms with Crippen LogP contribution in [-0.2, 0) is 4.79 Å². The zero-order valence-corrected chi connectivity index (χ0v) is 19.1. The first kappa shape index (κ1) is 20.1. The van der Waals surface area contributed by atoms with E-state index in [1.54, 1.807) is 11.9 Å². The van der Waals surface area contributed by atoms with E-state index in [1.165, 1.54) is 27.1 Å². The zero-order chi connectivity index (χ0) is 21.8. The summed E-state index contributed by atoms with van der Waals surface area (Å²) in [7, 11) is 0. The Balaban J connectivity index is 1.82. The van der Waals surface area contributed by atoms with Crippen molar-refractivity contribution in [3.05, 3.63) is 94.4 Å². The highest BCUT2D eigenvalue weighted by Gasteiger charge is 2.42. The molecule has 2 heterocycles. The molecule has 3 aromatic rings. The maximum atomic E-state index is 13.7. The van der Waals surface area contributed by atoms with Gasteiger partial charge in [-0.2, -0.15) is 0 Å². The van der Waals surface area contributed by atoms with Gasteiger partial charge in [0.25, 0.3) is 0 Å². The Morgan fingerprint density at radius 3 is 2.29 bits per heavy atom. The van der Waals surface area contributed by atoms with E-state index in [9.17, 15) is 4.79 Å². The minimum Gasteiger partial charge on any atom is -0.273 e. The lowest BCUT2D eigenvalue weighted by atomic mass is 9.86. The van der Waals surface area contributed by atoms with Crippen molar-refractivity contribution >= 4 is 40.8 Å². The molecule has 3 heteroatoms. The normalized spacial score (nSPS) is 22.3. The third-order valence-corrected chi connectivity index (χ3v) is 7.92. The second-order valence-corrected chi connectivity index (χ2v) is 10.3. The van der Waals surface area contributed by atoms with E-state index < -0.39 is 5.41 Å². The van der Waals surface area contributed by atoms with Crippen molar-refractivity contribution in [1.29, 1.82) is 0 Å². The van der Waals surface area contributed by atoms with Crippen LogP contribution in [0.2, 0.25) is 0 Å². The molecule has 0 fully saturated rings. The lowest BCUT2D eigenvalue weighted by Gasteiger charge is -2.42. The lowest BCUT2D eigenvalue weighted by molar-refractivity contribution is -0.136. The molecule has 0 aliphatic carbocycles. The van der Waals surface area contributed by atoms with Gasteiger partial charge < -0.3 is 0 Å². The number of rotatable bonds is 2. The van der Waals surface area contributed by atoms with Crippen molar-refractivity contribution in [3.8, 4) is 0 Å². The summed E-state index contributed by atoms with van der Waals surface area (Å²) in [6.07, 6.45) is 5.26. The van der Waals surface area contributed by atoms with Crippen LogP contribution in [0, 0.1) is 5.41 Å². The average Bonchev–Trinajstić information content (AvgIpc) is 2.86. The fourth-order valence-corrected chi connectivity index (χ4v) is 5.93. The summed E-state index contributed by atoms with van der Waals surface area (Å²) in [6, 6.07) is 21.3. The number of nitrogens with zero attached hydrogens (tertiary/aromatic N) is 1. The maximum Gasteiger partial charge on any atom is 0.238 e. The molecule has 31 heavy (non-hydrogen) atoms. The van der Waals surface area contributed by atoms with Crippen LogP contribution in [0.15, 0.2) is 72.8 Å². The fourth-order valence-electron chi connectivity index (χ4n) is 4.45. The first-order valence-corrected chi connectivity index (χ1v) is 11.7. The molecule has 2 aliphatic heterocycles. The Kier molecular flexibility index (Phi) is 4.82. The van der Waals surface area contributed by atoms with E-state index in [0.29, 0.717) is 0 Å². The molecule has 0 aromatic heterocycles. The molecule has 0 radical (unpaired) electrons. The Morgan fingerprint density at radius 2 is 1.61 bits per heavy atom. The zero-order valence-electron chi connectivity index (χ0n) is 18.3. The summed E-state index contributed by atoms with van der Waals surface area (Å²) in [6.45, 7) is 10.6. The quantitative estimate of drug-likeness (QED) is 0.492. The Labute approximate surface area is 188 Å². The van der Waals surface area contributed by atoms with Crippen LogP contribution in [0.3, 0.4) is 0 Å². The number of hydrogen-bond donors (Lipinski definition) is 0. The van der Waals surface area contributed by atoms with Crippen molar-refractivity contribution in [2.75, 3.05) is 0 Å². The SMILES string of the molecule is C=C1/C=c2/cccc/c2=C/C2SN(C(=O)C(C)(C)CC)C1c1cc3ccccc3cc12. The largest absolute Gasteiger partial charge is 0.273 e. The van der Waals surface area contributed by atoms with Crippen LogP contribution in [0.1, 0.15) is 49.6 Å². The van der Waals surface area contributed by atoms with Crippen molar-refractivity contribution < 1.29 is 4.79 Å². The monoisotopic (exact) mass is 425 g/mol. The lowest BCUT2D eigenvalue weighted by Crippen LogP contribution is -2.41. The van der Waals surface area contributed by atoms with Gasteiger partial charge in [0.15, 0.2) is 0 Å². The van der Waals surface area contributed by atoms with Crippen LogP contribution in [-0.4, -0.2) is 10.2 Å².